The van der Waals surface area contributed by atoms with Gasteiger partial charge in [0.2, 0.25) is 5.91 Å². The molecule has 12 heavy (non-hydrogen) atoms. The molecule has 4 nitrogen and oxygen atoms in total. The molecule has 0 atom stereocenters. The second-order valence-corrected chi connectivity index (χ2v) is 3.27. The van der Waals surface area contributed by atoms with Gasteiger partial charge < -0.3 is 10.1 Å². The smallest absolute Gasteiger partial charge is 0.355 e. The Morgan fingerprint density at radius 3 is 2.08 bits per heavy atom. The van der Waals surface area contributed by atoms with Gasteiger partial charge in [-0.2, -0.15) is 0 Å². The highest BCUT2D eigenvalue weighted by atomic mass is 79.9. The molecule has 0 saturated carbocycles. The highest BCUT2D eigenvalue weighted by Crippen LogP contribution is 2.09. The Hall–Kier alpha value is -0.840. The zero-order valence-electron chi connectivity index (χ0n) is 7.10. The summed E-state index contributed by atoms with van der Waals surface area (Å²) >= 11 is 3.07. The Morgan fingerprint density at radius 1 is 1.33 bits per heavy atom. The number of esters is 1. The largest absolute Gasteiger partial charge is 0.464 e. The molecule has 0 saturated heterocycles. The van der Waals surface area contributed by atoms with Crippen LogP contribution in [-0.2, 0) is 14.3 Å². The summed E-state index contributed by atoms with van der Waals surface area (Å²) in [6.45, 7) is 2.96. The van der Waals surface area contributed by atoms with Gasteiger partial charge in [-0.3, -0.25) is 4.79 Å². The molecule has 0 heterocycles. The summed E-state index contributed by atoms with van der Waals surface area (Å²) in [6, 6.07) is 0. The second kappa shape index (κ2) is 4.92. The van der Waals surface area contributed by atoms with Crippen LogP contribution in [0, 0.1) is 0 Å². The van der Waals surface area contributed by atoms with Gasteiger partial charge in [-0.1, -0.05) is 15.9 Å². The average molecular weight is 236 g/mol. The molecule has 1 amide bonds. The number of allylic oxidation sites excluding steroid dienone is 1. The molecule has 68 valence electrons. The maximum atomic E-state index is 11.0. The molecule has 0 fully saturated rings. The molecule has 0 aliphatic carbocycles. The molecule has 0 aromatic rings. The van der Waals surface area contributed by atoms with Gasteiger partial charge in [0.15, 0.2) is 0 Å². The summed E-state index contributed by atoms with van der Waals surface area (Å²) in [7, 11) is 1.25. The van der Waals surface area contributed by atoms with E-state index < -0.39 is 5.97 Å². The number of nitrogens with one attached hydrogen (secondary N) is 1. The van der Waals surface area contributed by atoms with Crippen molar-refractivity contribution in [2.24, 2.45) is 0 Å². The molecule has 0 unspecified atom stereocenters. The maximum Gasteiger partial charge on any atom is 0.355 e. The van der Waals surface area contributed by atoms with Gasteiger partial charge in [-0.25, -0.2) is 4.79 Å². The van der Waals surface area contributed by atoms with Crippen LogP contribution < -0.4 is 5.32 Å². The summed E-state index contributed by atoms with van der Waals surface area (Å²) in [5, 5.41) is 2.35. The van der Waals surface area contributed by atoms with Gasteiger partial charge in [0, 0.05) is 11.4 Å². The Labute approximate surface area is 79.1 Å². The SMILES string of the molecule is COC(=O)/C(NC(C)=O)=C(/C)Br. The molecule has 0 aliphatic rings. The van der Waals surface area contributed by atoms with Gasteiger partial charge in [0.25, 0.3) is 0 Å². The van der Waals surface area contributed by atoms with E-state index in [1.54, 1.807) is 6.92 Å². The quantitative estimate of drug-likeness (QED) is 0.573. The first kappa shape index (κ1) is 11.2. The molecule has 0 radical (unpaired) electrons. The standard InChI is InChI=1S/C7H10BrNO3/c1-4(8)6(7(11)12-3)9-5(2)10/h1-3H3,(H,9,10)/b6-4+. The van der Waals surface area contributed by atoms with Crippen molar-refractivity contribution < 1.29 is 14.3 Å². The minimum absolute atomic E-state index is 0.130. The van der Waals surface area contributed by atoms with E-state index in [1.807, 2.05) is 0 Å². The van der Waals surface area contributed by atoms with Crippen LogP contribution in [0.1, 0.15) is 13.8 Å². The molecule has 0 spiro atoms. The minimum Gasteiger partial charge on any atom is -0.464 e. The Kier molecular flexibility index (Phi) is 4.58. The monoisotopic (exact) mass is 235 g/mol. The minimum atomic E-state index is -0.570. The lowest BCUT2D eigenvalue weighted by atomic mass is 10.4. The van der Waals surface area contributed by atoms with Crippen molar-refractivity contribution in [2.75, 3.05) is 7.11 Å². The Bertz CT molecular complexity index is 231. The molecular weight excluding hydrogens is 226 g/mol. The topological polar surface area (TPSA) is 55.4 Å². The van der Waals surface area contributed by atoms with Crippen LogP contribution in [0.15, 0.2) is 10.2 Å². The zero-order valence-corrected chi connectivity index (χ0v) is 8.69. The summed E-state index contributed by atoms with van der Waals surface area (Å²) in [4.78, 5) is 21.6. The molecule has 0 rings (SSSR count). The highest BCUT2D eigenvalue weighted by molar-refractivity contribution is 9.11. The first-order valence-corrected chi connectivity index (χ1v) is 4.00. The lowest BCUT2D eigenvalue weighted by molar-refractivity contribution is -0.137. The van der Waals surface area contributed by atoms with Crippen LogP contribution in [0.5, 0.6) is 0 Å². The average Bonchev–Trinajstić information content (AvgIpc) is 1.98. The first-order chi connectivity index (χ1) is 5.49. The fourth-order valence-corrected chi connectivity index (χ4v) is 0.817. The molecule has 0 aliphatic heterocycles. The van der Waals surface area contributed by atoms with Crippen molar-refractivity contribution >= 4 is 27.8 Å². The maximum absolute atomic E-state index is 11.0. The fourth-order valence-electron chi connectivity index (χ4n) is 0.556. The highest BCUT2D eigenvalue weighted by Gasteiger charge is 2.12. The van der Waals surface area contributed by atoms with Crippen LogP contribution in [0.4, 0.5) is 0 Å². The van der Waals surface area contributed by atoms with Gasteiger partial charge in [-0.05, 0) is 6.92 Å². The summed E-state index contributed by atoms with van der Waals surface area (Å²) in [5.74, 6) is -0.881. The van der Waals surface area contributed by atoms with E-state index in [0.29, 0.717) is 4.48 Å². The number of methoxy groups -OCH3 is 1. The number of amides is 1. The molecule has 5 heteroatoms. The normalized spacial score (nSPS) is 11.7. The number of hydrogen-bond donors (Lipinski definition) is 1. The first-order valence-electron chi connectivity index (χ1n) is 3.21. The molecule has 0 bridgehead atoms. The van der Waals surface area contributed by atoms with E-state index >= 15 is 0 Å². The fraction of sp³-hybridized carbons (Fsp3) is 0.429. The van der Waals surface area contributed by atoms with E-state index in [1.165, 1.54) is 14.0 Å². The predicted octanol–water partition coefficient (Wildman–Crippen LogP) is 0.922. The van der Waals surface area contributed by atoms with Gasteiger partial charge in [-0.15, -0.1) is 0 Å². The van der Waals surface area contributed by atoms with Crippen LogP contribution in [0.3, 0.4) is 0 Å². The molecule has 1 N–H and O–H groups in total. The lowest BCUT2D eigenvalue weighted by Crippen LogP contribution is -2.26. The molecular formula is C7H10BrNO3. The van der Waals surface area contributed by atoms with Gasteiger partial charge in [0.05, 0.1) is 7.11 Å². The Morgan fingerprint density at radius 2 is 1.83 bits per heavy atom. The predicted molar refractivity (Wildman–Crippen MR) is 47.5 cm³/mol. The molecule has 0 aromatic carbocycles. The van der Waals surface area contributed by atoms with E-state index in [2.05, 4.69) is 26.0 Å². The van der Waals surface area contributed by atoms with Crippen molar-refractivity contribution in [3.05, 3.63) is 10.2 Å². The zero-order chi connectivity index (χ0) is 9.72. The number of halogens is 1. The number of carbonyl (C=O) groups excluding carboxylic acids is 2. The van der Waals surface area contributed by atoms with E-state index in [4.69, 9.17) is 0 Å². The van der Waals surface area contributed by atoms with Crippen LogP contribution in [-0.4, -0.2) is 19.0 Å². The van der Waals surface area contributed by atoms with Crippen molar-refractivity contribution in [3.63, 3.8) is 0 Å². The third-order valence-corrected chi connectivity index (χ3v) is 1.43. The van der Waals surface area contributed by atoms with Crippen molar-refractivity contribution in [1.82, 2.24) is 5.32 Å². The summed E-state index contributed by atoms with van der Waals surface area (Å²) in [5.41, 5.74) is 0.130. The third kappa shape index (κ3) is 3.52. The van der Waals surface area contributed by atoms with Crippen LogP contribution >= 0.6 is 15.9 Å². The molecule has 0 aromatic heterocycles. The van der Waals surface area contributed by atoms with Gasteiger partial charge >= 0.3 is 5.97 Å². The second-order valence-electron chi connectivity index (χ2n) is 2.08. The van der Waals surface area contributed by atoms with E-state index in [0.717, 1.165) is 0 Å². The van der Waals surface area contributed by atoms with Crippen LogP contribution in [0.2, 0.25) is 0 Å². The van der Waals surface area contributed by atoms with E-state index in [-0.39, 0.29) is 11.6 Å². The van der Waals surface area contributed by atoms with Gasteiger partial charge in [0.1, 0.15) is 5.70 Å². The van der Waals surface area contributed by atoms with E-state index in [9.17, 15) is 9.59 Å². The number of carbonyl (C=O) groups is 2. The van der Waals surface area contributed by atoms with Crippen LogP contribution in [0.25, 0.3) is 0 Å². The summed E-state index contributed by atoms with van der Waals surface area (Å²) in [6.07, 6.45) is 0. The number of hydrogen-bond acceptors (Lipinski definition) is 3. The lowest BCUT2D eigenvalue weighted by Gasteiger charge is -2.05. The van der Waals surface area contributed by atoms with Crippen molar-refractivity contribution in [2.45, 2.75) is 13.8 Å². The Balaban J connectivity index is 4.58. The summed E-state index contributed by atoms with van der Waals surface area (Å²) < 4.78 is 4.97. The third-order valence-electron chi connectivity index (χ3n) is 1.04. The van der Waals surface area contributed by atoms with Crippen molar-refractivity contribution in [3.8, 4) is 0 Å². The number of rotatable bonds is 2. The van der Waals surface area contributed by atoms with Crippen molar-refractivity contribution in [1.29, 1.82) is 0 Å². The number of ether oxygens (including phenoxy) is 1.